The lowest BCUT2D eigenvalue weighted by molar-refractivity contribution is 0.128. The van der Waals surface area contributed by atoms with Crippen LogP contribution in [0.25, 0.3) is 0 Å². The molecule has 0 aliphatic rings. The van der Waals surface area contributed by atoms with Crippen LogP contribution in [0, 0.1) is 5.41 Å². The second kappa shape index (κ2) is 4.55. The van der Waals surface area contributed by atoms with Crippen LogP contribution in [0.4, 0.5) is 0 Å². The SMILES string of the molecule is CCCC(C)(CO)Cc1ncnn1C. The predicted octanol–water partition coefficient (Wildman–Crippen LogP) is 1.16. The van der Waals surface area contributed by atoms with Gasteiger partial charge in [-0.15, -0.1) is 0 Å². The minimum atomic E-state index is -0.0600. The van der Waals surface area contributed by atoms with Gasteiger partial charge in [0.15, 0.2) is 0 Å². The van der Waals surface area contributed by atoms with Gasteiger partial charge in [0.05, 0.1) is 0 Å². The maximum atomic E-state index is 9.35. The Morgan fingerprint density at radius 1 is 1.57 bits per heavy atom. The number of aliphatic hydroxyl groups excluding tert-OH is 1. The zero-order chi connectivity index (χ0) is 10.6. The predicted molar refractivity (Wildman–Crippen MR) is 54.8 cm³/mol. The minimum absolute atomic E-state index is 0.0600. The molecule has 1 N–H and O–H groups in total. The van der Waals surface area contributed by atoms with E-state index in [0.29, 0.717) is 0 Å². The van der Waals surface area contributed by atoms with Gasteiger partial charge in [-0.05, 0) is 11.8 Å². The van der Waals surface area contributed by atoms with E-state index in [0.717, 1.165) is 25.1 Å². The molecule has 1 atom stereocenters. The molecule has 4 heteroatoms. The van der Waals surface area contributed by atoms with E-state index in [9.17, 15) is 5.11 Å². The Morgan fingerprint density at radius 3 is 2.71 bits per heavy atom. The van der Waals surface area contributed by atoms with E-state index < -0.39 is 0 Å². The topological polar surface area (TPSA) is 50.9 Å². The zero-order valence-electron chi connectivity index (χ0n) is 9.19. The fraction of sp³-hybridized carbons (Fsp3) is 0.800. The lowest BCUT2D eigenvalue weighted by atomic mass is 9.83. The van der Waals surface area contributed by atoms with Crippen LogP contribution < -0.4 is 0 Å². The third-order valence-electron chi connectivity index (χ3n) is 2.63. The lowest BCUT2D eigenvalue weighted by Gasteiger charge is -2.25. The molecule has 1 aromatic rings. The van der Waals surface area contributed by atoms with E-state index in [4.69, 9.17) is 0 Å². The first-order valence-electron chi connectivity index (χ1n) is 5.05. The highest BCUT2D eigenvalue weighted by atomic mass is 16.3. The van der Waals surface area contributed by atoms with Crippen molar-refractivity contribution in [3.8, 4) is 0 Å². The van der Waals surface area contributed by atoms with Crippen LogP contribution in [0.3, 0.4) is 0 Å². The highest BCUT2D eigenvalue weighted by molar-refractivity contribution is 4.91. The lowest BCUT2D eigenvalue weighted by Crippen LogP contribution is -2.25. The van der Waals surface area contributed by atoms with Crippen LogP contribution in [0.5, 0.6) is 0 Å². The quantitative estimate of drug-likeness (QED) is 0.770. The molecular formula is C10H19N3O. The van der Waals surface area contributed by atoms with E-state index >= 15 is 0 Å². The first kappa shape index (κ1) is 11.2. The fourth-order valence-electron chi connectivity index (χ4n) is 1.69. The van der Waals surface area contributed by atoms with Gasteiger partial charge in [-0.2, -0.15) is 5.10 Å². The molecule has 1 rings (SSSR count). The Kier molecular flexibility index (Phi) is 3.63. The summed E-state index contributed by atoms with van der Waals surface area (Å²) in [4.78, 5) is 4.17. The first-order chi connectivity index (χ1) is 6.61. The molecule has 4 nitrogen and oxygen atoms in total. The van der Waals surface area contributed by atoms with Gasteiger partial charge in [0.1, 0.15) is 12.2 Å². The molecular weight excluding hydrogens is 178 g/mol. The van der Waals surface area contributed by atoms with E-state index in [1.165, 1.54) is 0 Å². The van der Waals surface area contributed by atoms with Gasteiger partial charge in [-0.3, -0.25) is 4.68 Å². The summed E-state index contributed by atoms with van der Waals surface area (Å²) in [5, 5.41) is 13.4. The molecule has 0 bridgehead atoms. The molecule has 14 heavy (non-hydrogen) atoms. The summed E-state index contributed by atoms with van der Waals surface area (Å²) in [6.45, 7) is 4.42. The van der Waals surface area contributed by atoms with E-state index in [1.807, 2.05) is 7.05 Å². The van der Waals surface area contributed by atoms with Crippen LogP contribution in [0.1, 0.15) is 32.5 Å². The number of nitrogens with zero attached hydrogens (tertiary/aromatic N) is 3. The molecule has 0 amide bonds. The number of aromatic nitrogens is 3. The van der Waals surface area contributed by atoms with Crippen LogP contribution in [-0.2, 0) is 13.5 Å². The average Bonchev–Trinajstić information content (AvgIpc) is 2.52. The van der Waals surface area contributed by atoms with Crippen LogP contribution in [-0.4, -0.2) is 26.5 Å². The Bertz CT molecular complexity index is 285. The maximum Gasteiger partial charge on any atom is 0.138 e. The summed E-state index contributed by atoms with van der Waals surface area (Å²) in [5.74, 6) is 0.940. The Hall–Kier alpha value is -0.900. The molecule has 80 valence electrons. The van der Waals surface area contributed by atoms with Crippen molar-refractivity contribution < 1.29 is 5.11 Å². The molecule has 0 saturated carbocycles. The molecule has 0 radical (unpaired) electrons. The summed E-state index contributed by atoms with van der Waals surface area (Å²) in [6, 6.07) is 0. The summed E-state index contributed by atoms with van der Waals surface area (Å²) in [6.07, 6.45) is 4.43. The fourth-order valence-corrected chi connectivity index (χ4v) is 1.69. The number of hydrogen-bond donors (Lipinski definition) is 1. The van der Waals surface area contributed by atoms with Crippen LogP contribution in [0.2, 0.25) is 0 Å². The largest absolute Gasteiger partial charge is 0.396 e. The van der Waals surface area contributed by atoms with Crippen LogP contribution in [0.15, 0.2) is 6.33 Å². The second-order valence-corrected chi connectivity index (χ2v) is 4.20. The normalized spacial score (nSPS) is 15.4. The molecule has 0 saturated heterocycles. The van der Waals surface area contributed by atoms with Crippen molar-refractivity contribution in [2.45, 2.75) is 33.1 Å². The van der Waals surface area contributed by atoms with Crippen molar-refractivity contribution >= 4 is 0 Å². The highest BCUT2D eigenvalue weighted by Crippen LogP contribution is 2.26. The summed E-state index contributed by atoms with van der Waals surface area (Å²) >= 11 is 0. The van der Waals surface area contributed by atoms with Crippen molar-refractivity contribution in [1.29, 1.82) is 0 Å². The van der Waals surface area contributed by atoms with Crippen molar-refractivity contribution in [3.05, 3.63) is 12.2 Å². The van der Waals surface area contributed by atoms with Gasteiger partial charge in [-0.1, -0.05) is 20.3 Å². The van der Waals surface area contributed by atoms with E-state index in [-0.39, 0.29) is 12.0 Å². The van der Waals surface area contributed by atoms with Crippen LogP contribution >= 0.6 is 0 Å². The van der Waals surface area contributed by atoms with E-state index in [1.54, 1.807) is 11.0 Å². The monoisotopic (exact) mass is 197 g/mol. The molecule has 0 aliphatic carbocycles. The van der Waals surface area contributed by atoms with Gasteiger partial charge >= 0.3 is 0 Å². The number of aliphatic hydroxyl groups is 1. The van der Waals surface area contributed by atoms with Crippen molar-refractivity contribution in [1.82, 2.24) is 14.8 Å². The highest BCUT2D eigenvalue weighted by Gasteiger charge is 2.24. The molecule has 0 aromatic carbocycles. The van der Waals surface area contributed by atoms with Gasteiger partial charge in [0, 0.05) is 20.1 Å². The zero-order valence-corrected chi connectivity index (χ0v) is 9.19. The van der Waals surface area contributed by atoms with Gasteiger partial charge < -0.3 is 5.11 Å². The maximum absolute atomic E-state index is 9.35. The van der Waals surface area contributed by atoms with Crippen molar-refractivity contribution in [3.63, 3.8) is 0 Å². The molecule has 1 unspecified atom stereocenters. The Labute approximate surface area is 85.0 Å². The second-order valence-electron chi connectivity index (χ2n) is 4.20. The van der Waals surface area contributed by atoms with Crippen molar-refractivity contribution in [2.75, 3.05) is 6.61 Å². The third kappa shape index (κ3) is 2.54. The molecule has 0 spiro atoms. The number of hydrogen-bond acceptors (Lipinski definition) is 3. The summed E-state index contributed by atoms with van der Waals surface area (Å²) < 4.78 is 1.77. The third-order valence-corrected chi connectivity index (χ3v) is 2.63. The standard InChI is InChI=1S/C10H19N3O/c1-4-5-10(2,7-14)6-9-11-8-12-13(9)3/h8,14H,4-7H2,1-3H3. The first-order valence-corrected chi connectivity index (χ1v) is 5.05. The van der Waals surface area contributed by atoms with Gasteiger partial charge in [-0.25, -0.2) is 4.98 Å². The summed E-state index contributed by atoms with van der Waals surface area (Å²) in [5.41, 5.74) is -0.0600. The van der Waals surface area contributed by atoms with Gasteiger partial charge in [0.25, 0.3) is 0 Å². The Balaban J connectivity index is 2.69. The molecule has 0 aliphatic heterocycles. The van der Waals surface area contributed by atoms with Crippen molar-refractivity contribution in [2.24, 2.45) is 12.5 Å². The van der Waals surface area contributed by atoms with E-state index in [2.05, 4.69) is 23.9 Å². The molecule has 1 aromatic heterocycles. The molecule has 0 fully saturated rings. The Morgan fingerprint density at radius 2 is 2.29 bits per heavy atom. The van der Waals surface area contributed by atoms with Gasteiger partial charge in [0.2, 0.25) is 0 Å². The molecule has 1 heterocycles. The average molecular weight is 197 g/mol. The number of rotatable bonds is 5. The number of aryl methyl sites for hydroxylation is 1. The smallest absolute Gasteiger partial charge is 0.138 e. The minimum Gasteiger partial charge on any atom is -0.396 e. The summed E-state index contributed by atoms with van der Waals surface area (Å²) in [7, 11) is 1.88.